The molecule has 0 saturated heterocycles. The van der Waals surface area contributed by atoms with Crippen molar-refractivity contribution < 1.29 is 8.42 Å². The van der Waals surface area contributed by atoms with E-state index in [0.717, 1.165) is 5.69 Å². The van der Waals surface area contributed by atoms with Crippen molar-refractivity contribution in [1.82, 2.24) is 9.78 Å². The Morgan fingerprint density at radius 3 is 2.75 bits per heavy atom. The summed E-state index contributed by atoms with van der Waals surface area (Å²) in [5, 5.41) is 5.85. The summed E-state index contributed by atoms with van der Waals surface area (Å²) < 4.78 is 28.8. The fraction of sp³-hybridized carbons (Fsp3) is 0. The first-order valence-corrected chi connectivity index (χ1v) is 8.18. The molecular weight excluding hydrogens is 294 g/mol. The van der Waals surface area contributed by atoms with E-state index in [1.807, 2.05) is 12.1 Å². The molecule has 0 spiro atoms. The summed E-state index contributed by atoms with van der Waals surface area (Å²) in [5.74, 6) is 0. The van der Waals surface area contributed by atoms with Gasteiger partial charge in [0, 0.05) is 12.4 Å². The van der Waals surface area contributed by atoms with Crippen LogP contribution in [0.15, 0.2) is 64.4 Å². The molecule has 0 atom stereocenters. The van der Waals surface area contributed by atoms with Crippen LogP contribution in [-0.4, -0.2) is 18.2 Å². The van der Waals surface area contributed by atoms with E-state index in [9.17, 15) is 8.42 Å². The average molecular weight is 305 g/mol. The maximum atomic E-state index is 12.1. The highest BCUT2D eigenvalue weighted by Crippen LogP contribution is 2.21. The molecule has 3 aromatic rings. The number of anilines is 1. The van der Waals surface area contributed by atoms with Crippen molar-refractivity contribution >= 4 is 27.0 Å². The van der Waals surface area contributed by atoms with Crippen molar-refractivity contribution in [2.45, 2.75) is 4.21 Å². The lowest BCUT2D eigenvalue weighted by molar-refractivity contribution is 0.603. The average Bonchev–Trinajstić information content (AvgIpc) is 3.12. The highest BCUT2D eigenvalue weighted by Gasteiger charge is 2.15. The topological polar surface area (TPSA) is 64.0 Å². The Kier molecular flexibility index (Phi) is 3.29. The summed E-state index contributed by atoms with van der Waals surface area (Å²) in [7, 11) is -3.52. The van der Waals surface area contributed by atoms with Crippen LogP contribution in [0.5, 0.6) is 0 Å². The zero-order valence-corrected chi connectivity index (χ0v) is 11.9. The van der Waals surface area contributed by atoms with Gasteiger partial charge in [0.15, 0.2) is 0 Å². The van der Waals surface area contributed by atoms with Crippen LogP contribution in [0.2, 0.25) is 0 Å². The second-order valence-electron chi connectivity index (χ2n) is 4.04. The maximum Gasteiger partial charge on any atom is 0.271 e. The van der Waals surface area contributed by atoms with Crippen LogP contribution in [0, 0.1) is 0 Å². The molecule has 0 radical (unpaired) electrons. The van der Waals surface area contributed by atoms with Crippen LogP contribution in [0.3, 0.4) is 0 Å². The highest BCUT2D eigenvalue weighted by molar-refractivity contribution is 7.94. The Bertz CT molecular complexity index is 794. The van der Waals surface area contributed by atoms with Crippen molar-refractivity contribution in [2.75, 3.05) is 4.72 Å². The van der Waals surface area contributed by atoms with Gasteiger partial charge in [-0.1, -0.05) is 12.1 Å². The minimum atomic E-state index is -3.52. The fourth-order valence-corrected chi connectivity index (χ4v) is 3.80. The molecule has 20 heavy (non-hydrogen) atoms. The first kappa shape index (κ1) is 12.9. The maximum absolute atomic E-state index is 12.1. The van der Waals surface area contributed by atoms with Gasteiger partial charge in [-0.15, -0.1) is 11.3 Å². The van der Waals surface area contributed by atoms with Gasteiger partial charge < -0.3 is 0 Å². The predicted octanol–water partition coefficient (Wildman–Crippen LogP) is 2.73. The summed E-state index contributed by atoms with van der Waals surface area (Å²) in [4.78, 5) is 0. The molecule has 102 valence electrons. The van der Waals surface area contributed by atoms with Crippen LogP contribution in [0.25, 0.3) is 5.69 Å². The van der Waals surface area contributed by atoms with E-state index in [1.54, 1.807) is 52.8 Å². The first-order valence-electron chi connectivity index (χ1n) is 5.81. The molecule has 2 heterocycles. The Hall–Kier alpha value is -2.12. The highest BCUT2D eigenvalue weighted by atomic mass is 32.2. The smallest absolute Gasteiger partial charge is 0.271 e. The number of nitrogens with zero attached hydrogens (tertiary/aromatic N) is 2. The van der Waals surface area contributed by atoms with Gasteiger partial charge in [0.05, 0.1) is 11.4 Å². The zero-order chi connectivity index (χ0) is 14.0. The zero-order valence-electron chi connectivity index (χ0n) is 10.3. The SMILES string of the molecule is O=S(=O)(Nc1cccc(-n2cccn2)c1)c1cccs1. The molecule has 2 aromatic heterocycles. The largest absolute Gasteiger partial charge is 0.279 e. The summed E-state index contributed by atoms with van der Waals surface area (Å²) in [6.45, 7) is 0. The number of aromatic nitrogens is 2. The lowest BCUT2D eigenvalue weighted by Crippen LogP contribution is -2.11. The van der Waals surface area contributed by atoms with Gasteiger partial charge in [0.2, 0.25) is 0 Å². The monoisotopic (exact) mass is 305 g/mol. The lowest BCUT2D eigenvalue weighted by Gasteiger charge is -2.08. The number of nitrogens with one attached hydrogen (secondary N) is 1. The summed E-state index contributed by atoms with van der Waals surface area (Å²) >= 11 is 1.18. The van der Waals surface area contributed by atoms with Gasteiger partial charge in [-0.25, -0.2) is 13.1 Å². The Balaban J connectivity index is 1.91. The van der Waals surface area contributed by atoms with Crippen molar-refractivity contribution in [2.24, 2.45) is 0 Å². The molecular formula is C13H11N3O2S2. The van der Waals surface area contributed by atoms with Gasteiger partial charge in [0.1, 0.15) is 4.21 Å². The van der Waals surface area contributed by atoms with Crippen molar-refractivity contribution in [3.8, 4) is 5.69 Å². The summed E-state index contributed by atoms with van der Waals surface area (Å²) in [6, 6.07) is 12.2. The van der Waals surface area contributed by atoms with Crippen LogP contribution in [0.1, 0.15) is 0 Å². The van der Waals surface area contributed by atoms with Crippen LogP contribution in [0.4, 0.5) is 5.69 Å². The van der Waals surface area contributed by atoms with Crippen LogP contribution in [-0.2, 0) is 10.0 Å². The molecule has 7 heteroatoms. The third-order valence-electron chi connectivity index (χ3n) is 2.63. The molecule has 1 aromatic carbocycles. The van der Waals surface area contributed by atoms with E-state index in [2.05, 4.69) is 9.82 Å². The minimum absolute atomic E-state index is 0.294. The molecule has 5 nitrogen and oxygen atoms in total. The van der Waals surface area contributed by atoms with E-state index >= 15 is 0 Å². The van der Waals surface area contributed by atoms with Gasteiger partial charge in [0.25, 0.3) is 10.0 Å². The molecule has 0 aliphatic carbocycles. The molecule has 0 amide bonds. The molecule has 0 unspecified atom stereocenters. The van der Waals surface area contributed by atoms with Crippen molar-refractivity contribution in [3.05, 3.63) is 60.2 Å². The van der Waals surface area contributed by atoms with E-state index in [1.165, 1.54) is 11.3 Å². The van der Waals surface area contributed by atoms with Gasteiger partial charge in [-0.3, -0.25) is 4.72 Å². The standard InChI is InChI=1S/C13H11N3O2S2/c17-20(18,13-6-2-9-19-13)15-11-4-1-5-12(10-11)16-8-3-7-14-16/h1-10,15H. The third-order valence-corrected chi connectivity index (χ3v) is 5.41. The Morgan fingerprint density at radius 2 is 2.05 bits per heavy atom. The van der Waals surface area contributed by atoms with E-state index in [0.29, 0.717) is 9.90 Å². The number of sulfonamides is 1. The molecule has 0 fully saturated rings. The second-order valence-corrected chi connectivity index (χ2v) is 6.90. The van der Waals surface area contributed by atoms with Crippen molar-refractivity contribution in [1.29, 1.82) is 0 Å². The predicted molar refractivity (Wildman–Crippen MR) is 78.7 cm³/mol. The Labute approximate surface area is 120 Å². The van der Waals surface area contributed by atoms with Gasteiger partial charge in [-0.05, 0) is 35.7 Å². The van der Waals surface area contributed by atoms with Gasteiger partial charge in [-0.2, -0.15) is 5.10 Å². The number of thiophene rings is 1. The van der Waals surface area contributed by atoms with Gasteiger partial charge >= 0.3 is 0 Å². The number of hydrogen-bond acceptors (Lipinski definition) is 4. The van der Waals surface area contributed by atoms with E-state index in [4.69, 9.17) is 0 Å². The van der Waals surface area contributed by atoms with Crippen LogP contribution >= 0.6 is 11.3 Å². The van der Waals surface area contributed by atoms with Crippen LogP contribution < -0.4 is 4.72 Å². The molecule has 0 saturated carbocycles. The Morgan fingerprint density at radius 1 is 1.15 bits per heavy atom. The summed E-state index contributed by atoms with van der Waals surface area (Å²) in [6.07, 6.45) is 3.47. The normalized spacial score (nSPS) is 11.4. The molecule has 0 aliphatic heterocycles. The minimum Gasteiger partial charge on any atom is -0.279 e. The lowest BCUT2D eigenvalue weighted by atomic mass is 10.3. The number of rotatable bonds is 4. The second kappa shape index (κ2) is 5.10. The molecule has 0 aliphatic rings. The molecule has 1 N–H and O–H groups in total. The summed E-state index contributed by atoms with van der Waals surface area (Å²) in [5.41, 5.74) is 1.30. The molecule has 0 bridgehead atoms. The molecule has 3 rings (SSSR count). The quantitative estimate of drug-likeness (QED) is 0.806. The van der Waals surface area contributed by atoms with Crippen molar-refractivity contribution in [3.63, 3.8) is 0 Å². The van der Waals surface area contributed by atoms with E-state index < -0.39 is 10.0 Å². The fourth-order valence-electron chi connectivity index (χ4n) is 1.76. The third kappa shape index (κ3) is 2.59. The number of benzene rings is 1. The number of hydrogen-bond donors (Lipinski definition) is 1. The first-order chi connectivity index (χ1) is 9.65. The van der Waals surface area contributed by atoms with E-state index in [-0.39, 0.29) is 0 Å².